The van der Waals surface area contributed by atoms with Crippen molar-refractivity contribution in [3.05, 3.63) is 29.8 Å². The molecule has 20 heavy (non-hydrogen) atoms. The minimum atomic E-state index is -0.754. The number of rotatable bonds is 4. The number of nitrogens with zero attached hydrogens (tertiary/aromatic N) is 1. The molecular formula is C17H25NO2. The predicted octanol–water partition coefficient (Wildman–Crippen LogP) is 3.71. The van der Waals surface area contributed by atoms with Crippen LogP contribution in [0.15, 0.2) is 24.3 Å². The lowest BCUT2D eigenvalue weighted by Crippen LogP contribution is -2.45. The average molecular weight is 275 g/mol. The predicted molar refractivity (Wildman–Crippen MR) is 82.1 cm³/mol. The van der Waals surface area contributed by atoms with E-state index in [4.69, 9.17) is 0 Å². The van der Waals surface area contributed by atoms with E-state index in [1.54, 1.807) is 0 Å². The molecular weight excluding hydrogens is 250 g/mol. The van der Waals surface area contributed by atoms with Gasteiger partial charge in [0.15, 0.2) is 0 Å². The molecule has 1 aromatic carbocycles. The number of hydrogen-bond donors (Lipinski definition) is 1. The largest absolute Gasteiger partial charge is 0.480 e. The average Bonchev–Trinajstić information content (AvgIpc) is 2.40. The molecule has 3 heteroatoms. The number of benzene rings is 1. The van der Waals surface area contributed by atoms with Crippen LogP contribution in [0, 0.1) is 18.8 Å². The summed E-state index contributed by atoms with van der Waals surface area (Å²) >= 11 is 0. The van der Waals surface area contributed by atoms with Crippen LogP contribution in [0.1, 0.15) is 38.7 Å². The second-order valence-corrected chi connectivity index (χ2v) is 6.32. The summed E-state index contributed by atoms with van der Waals surface area (Å²) < 4.78 is 0. The summed E-state index contributed by atoms with van der Waals surface area (Å²) in [7, 11) is 0. The smallest absolute Gasteiger partial charge is 0.323 e. The lowest BCUT2D eigenvalue weighted by Gasteiger charge is -2.41. The molecule has 0 heterocycles. The number of carboxylic acids is 1. The van der Waals surface area contributed by atoms with Crippen molar-refractivity contribution in [2.75, 3.05) is 11.4 Å². The summed E-state index contributed by atoms with van der Waals surface area (Å²) in [5, 5.41) is 9.24. The Kier molecular flexibility index (Phi) is 4.69. The van der Waals surface area contributed by atoms with Crippen LogP contribution >= 0.6 is 0 Å². The van der Waals surface area contributed by atoms with Gasteiger partial charge in [-0.15, -0.1) is 0 Å². The molecule has 1 fully saturated rings. The highest BCUT2D eigenvalue weighted by Crippen LogP contribution is 2.34. The molecule has 0 spiro atoms. The Bertz CT molecular complexity index is 455. The van der Waals surface area contributed by atoms with Gasteiger partial charge in [-0.2, -0.15) is 0 Å². The maximum atomic E-state index is 11.2. The Morgan fingerprint density at radius 1 is 1.25 bits per heavy atom. The minimum absolute atomic E-state index is 0.0881. The molecule has 1 saturated carbocycles. The molecule has 3 nitrogen and oxygen atoms in total. The quantitative estimate of drug-likeness (QED) is 0.910. The van der Waals surface area contributed by atoms with Gasteiger partial charge in [0.2, 0.25) is 0 Å². The molecule has 0 bridgehead atoms. The van der Waals surface area contributed by atoms with Gasteiger partial charge in [0, 0.05) is 11.7 Å². The first-order valence-corrected chi connectivity index (χ1v) is 7.52. The highest BCUT2D eigenvalue weighted by molar-refractivity contribution is 5.74. The van der Waals surface area contributed by atoms with Crippen LogP contribution in [-0.2, 0) is 4.79 Å². The first kappa shape index (κ1) is 14.9. The standard InChI is InChI=1S/C17H25NO2/c1-12-5-8-15(9-6-12)18(11-17(19)20)16-10-13(2)4-7-14(16)3/h5-6,8-9,13-14,16H,4,7,10-11H2,1-3H3,(H,19,20). The van der Waals surface area contributed by atoms with Gasteiger partial charge in [-0.05, 0) is 43.7 Å². The van der Waals surface area contributed by atoms with E-state index in [-0.39, 0.29) is 6.54 Å². The molecule has 110 valence electrons. The molecule has 0 aromatic heterocycles. The van der Waals surface area contributed by atoms with Crippen LogP contribution in [0.25, 0.3) is 0 Å². The highest BCUT2D eigenvalue weighted by atomic mass is 16.4. The Labute approximate surface area is 121 Å². The summed E-state index contributed by atoms with van der Waals surface area (Å²) in [5.74, 6) is 0.473. The molecule has 3 unspecified atom stereocenters. The van der Waals surface area contributed by atoms with Gasteiger partial charge >= 0.3 is 5.97 Å². The first-order valence-electron chi connectivity index (χ1n) is 7.52. The van der Waals surface area contributed by atoms with E-state index in [0.29, 0.717) is 17.9 Å². The van der Waals surface area contributed by atoms with Crippen LogP contribution in [0.3, 0.4) is 0 Å². The molecule has 0 amide bonds. The highest BCUT2D eigenvalue weighted by Gasteiger charge is 2.31. The maximum Gasteiger partial charge on any atom is 0.323 e. The summed E-state index contributed by atoms with van der Waals surface area (Å²) in [6, 6.07) is 8.54. The van der Waals surface area contributed by atoms with Crippen molar-refractivity contribution in [1.82, 2.24) is 0 Å². The number of carboxylic acid groups (broad SMARTS) is 1. The third kappa shape index (κ3) is 3.53. The number of hydrogen-bond acceptors (Lipinski definition) is 2. The van der Waals surface area contributed by atoms with Gasteiger partial charge < -0.3 is 10.0 Å². The first-order chi connectivity index (χ1) is 9.47. The molecule has 0 saturated heterocycles. The van der Waals surface area contributed by atoms with E-state index < -0.39 is 5.97 Å². The summed E-state index contributed by atoms with van der Waals surface area (Å²) in [4.78, 5) is 13.3. The number of aliphatic carboxylic acids is 1. The zero-order valence-corrected chi connectivity index (χ0v) is 12.7. The molecule has 1 aliphatic carbocycles. The number of carbonyl (C=O) groups is 1. The molecule has 1 aromatic rings. The SMILES string of the molecule is Cc1ccc(N(CC(=O)O)C2CC(C)CCC2C)cc1. The monoisotopic (exact) mass is 275 g/mol. The summed E-state index contributed by atoms with van der Waals surface area (Å²) in [6.45, 7) is 6.66. The van der Waals surface area contributed by atoms with Crippen LogP contribution in [0.2, 0.25) is 0 Å². The van der Waals surface area contributed by atoms with Crippen molar-refractivity contribution >= 4 is 11.7 Å². The Balaban J connectivity index is 2.26. The molecule has 1 N–H and O–H groups in total. The van der Waals surface area contributed by atoms with Gasteiger partial charge in [-0.25, -0.2) is 0 Å². The second kappa shape index (κ2) is 6.29. The summed E-state index contributed by atoms with van der Waals surface area (Å²) in [6.07, 6.45) is 3.53. The van der Waals surface area contributed by atoms with Gasteiger partial charge in [-0.3, -0.25) is 4.79 Å². The van der Waals surface area contributed by atoms with Crippen LogP contribution in [0.5, 0.6) is 0 Å². The van der Waals surface area contributed by atoms with Crippen LogP contribution in [0.4, 0.5) is 5.69 Å². The fourth-order valence-corrected chi connectivity index (χ4v) is 3.22. The van der Waals surface area contributed by atoms with Gasteiger partial charge in [-0.1, -0.05) is 38.0 Å². The number of anilines is 1. The molecule has 0 aliphatic heterocycles. The number of aryl methyl sites for hydroxylation is 1. The third-order valence-electron chi connectivity index (χ3n) is 4.49. The minimum Gasteiger partial charge on any atom is -0.480 e. The molecule has 3 atom stereocenters. The lowest BCUT2D eigenvalue weighted by molar-refractivity contribution is -0.135. The Morgan fingerprint density at radius 3 is 2.50 bits per heavy atom. The van der Waals surface area contributed by atoms with Crippen molar-refractivity contribution in [2.24, 2.45) is 11.8 Å². The van der Waals surface area contributed by atoms with E-state index in [0.717, 1.165) is 12.1 Å². The van der Waals surface area contributed by atoms with Crippen molar-refractivity contribution in [1.29, 1.82) is 0 Å². The fraction of sp³-hybridized carbons (Fsp3) is 0.588. The van der Waals surface area contributed by atoms with E-state index >= 15 is 0 Å². The fourth-order valence-electron chi connectivity index (χ4n) is 3.22. The van der Waals surface area contributed by atoms with E-state index in [9.17, 15) is 9.90 Å². The van der Waals surface area contributed by atoms with Crippen molar-refractivity contribution in [2.45, 2.75) is 46.1 Å². The van der Waals surface area contributed by atoms with Crippen LogP contribution < -0.4 is 4.90 Å². The van der Waals surface area contributed by atoms with E-state index in [1.807, 2.05) is 12.1 Å². The Morgan fingerprint density at radius 2 is 1.90 bits per heavy atom. The summed E-state index contributed by atoms with van der Waals surface area (Å²) in [5.41, 5.74) is 2.23. The Hall–Kier alpha value is -1.51. The maximum absolute atomic E-state index is 11.2. The second-order valence-electron chi connectivity index (χ2n) is 6.32. The van der Waals surface area contributed by atoms with E-state index in [1.165, 1.54) is 18.4 Å². The van der Waals surface area contributed by atoms with Gasteiger partial charge in [0.25, 0.3) is 0 Å². The van der Waals surface area contributed by atoms with Gasteiger partial charge in [0.05, 0.1) is 0 Å². The van der Waals surface area contributed by atoms with Crippen molar-refractivity contribution < 1.29 is 9.90 Å². The van der Waals surface area contributed by atoms with Crippen molar-refractivity contribution in [3.63, 3.8) is 0 Å². The molecule has 2 rings (SSSR count). The zero-order chi connectivity index (χ0) is 14.7. The third-order valence-corrected chi connectivity index (χ3v) is 4.49. The van der Waals surface area contributed by atoms with Gasteiger partial charge in [0.1, 0.15) is 6.54 Å². The topological polar surface area (TPSA) is 40.5 Å². The van der Waals surface area contributed by atoms with E-state index in [2.05, 4.69) is 37.8 Å². The zero-order valence-electron chi connectivity index (χ0n) is 12.7. The van der Waals surface area contributed by atoms with Crippen molar-refractivity contribution in [3.8, 4) is 0 Å². The molecule has 0 radical (unpaired) electrons. The van der Waals surface area contributed by atoms with Crippen LogP contribution in [-0.4, -0.2) is 23.7 Å². The normalized spacial score (nSPS) is 26.2. The lowest BCUT2D eigenvalue weighted by atomic mass is 9.79. The molecule has 1 aliphatic rings.